The summed E-state index contributed by atoms with van der Waals surface area (Å²) in [6.07, 6.45) is 4.87. The Kier molecular flexibility index (Phi) is 6.12. The Hall–Kier alpha value is -1.26. The van der Waals surface area contributed by atoms with E-state index < -0.39 is 12.0 Å². The lowest BCUT2D eigenvalue weighted by molar-refractivity contribution is -0.140. The standard InChI is InChI=1S/C14H26N2O3/c1-9(2)12(13(17)18)16-14(19)15-8-11-7-5-4-6-10(11)3/h9-12H,4-8H2,1-3H3,(H,17,18)(H2,15,16,19)/t10?,11?,12-/m1/s1. The molecule has 1 saturated carbocycles. The summed E-state index contributed by atoms with van der Waals surface area (Å²) in [5, 5.41) is 14.3. The topological polar surface area (TPSA) is 78.4 Å². The molecule has 5 nitrogen and oxygen atoms in total. The van der Waals surface area contributed by atoms with Crippen LogP contribution in [0.25, 0.3) is 0 Å². The van der Waals surface area contributed by atoms with Crippen molar-refractivity contribution in [2.45, 2.75) is 52.5 Å². The van der Waals surface area contributed by atoms with Crippen LogP contribution in [-0.2, 0) is 4.79 Å². The Balaban J connectivity index is 2.36. The molecule has 1 aliphatic carbocycles. The van der Waals surface area contributed by atoms with Crippen molar-refractivity contribution in [2.75, 3.05) is 6.54 Å². The molecule has 2 unspecified atom stereocenters. The lowest BCUT2D eigenvalue weighted by Gasteiger charge is -2.29. The molecule has 1 aliphatic rings. The number of aliphatic carboxylic acids is 1. The molecule has 0 aromatic carbocycles. The van der Waals surface area contributed by atoms with E-state index in [4.69, 9.17) is 5.11 Å². The third-order valence-corrected chi connectivity index (χ3v) is 4.03. The fourth-order valence-electron chi connectivity index (χ4n) is 2.63. The van der Waals surface area contributed by atoms with Crippen molar-refractivity contribution in [2.24, 2.45) is 17.8 Å². The summed E-state index contributed by atoms with van der Waals surface area (Å²) in [6.45, 7) is 6.42. The molecule has 0 saturated heterocycles. The van der Waals surface area contributed by atoms with Gasteiger partial charge in [0, 0.05) is 6.54 Å². The van der Waals surface area contributed by atoms with E-state index >= 15 is 0 Å². The van der Waals surface area contributed by atoms with Gasteiger partial charge in [0.05, 0.1) is 0 Å². The van der Waals surface area contributed by atoms with Crippen molar-refractivity contribution in [3.63, 3.8) is 0 Å². The maximum Gasteiger partial charge on any atom is 0.326 e. The van der Waals surface area contributed by atoms with E-state index in [9.17, 15) is 9.59 Å². The lowest BCUT2D eigenvalue weighted by Crippen LogP contribution is -2.49. The highest BCUT2D eigenvalue weighted by Crippen LogP contribution is 2.28. The predicted molar refractivity (Wildman–Crippen MR) is 73.9 cm³/mol. The van der Waals surface area contributed by atoms with Crippen LogP contribution in [0.3, 0.4) is 0 Å². The maximum atomic E-state index is 11.7. The van der Waals surface area contributed by atoms with Crippen molar-refractivity contribution >= 4 is 12.0 Å². The number of nitrogens with one attached hydrogen (secondary N) is 2. The van der Waals surface area contributed by atoms with Gasteiger partial charge in [0.15, 0.2) is 0 Å². The van der Waals surface area contributed by atoms with E-state index in [0.29, 0.717) is 18.4 Å². The Labute approximate surface area is 115 Å². The summed E-state index contributed by atoms with van der Waals surface area (Å²) in [5.74, 6) is 0.0317. The van der Waals surface area contributed by atoms with Crippen LogP contribution in [-0.4, -0.2) is 29.7 Å². The highest BCUT2D eigenvalue weighted by atomic mass is 16.4. The number of hydrogen-bond acceptors (Lipinski definition) is 2. The summed E-state index contributed by atoms with van der Waals surface area (Å²) in [7, 11) is 0. The predicted octanol–water partition coefficient (Wildman–Crippen LogP) is 2.22. The Morgan fingerprint density at radius 3 is 2.42 bits per heavy atom. The van der Waals surface area contributed by atoms with E-state index in [1.165, 1.54) is 19.3 Å². The van der Waals surface area contributed by atoms with Crippen LogP contribution >= 0.6 is 0 Å². The van der Waals surface area contributed by atoms with E-state index in [1.54, 1.807) is 13.8 Å². The van der Waals surface area contributed by atoms with Crippen molar-refractivity contribution in [3.8, 4) is 0 Å². The van der Waals surface area contributed by atoms with Gasteiger partial charge in [-0.1, -0.05) is 40.0 Å². The average molecular weight is 270 g/mol. The molecular formula is C14H26N2O3. The van der Waals surface area contributed by atoms with Gasteiger partial charge in [0.25, 0.3) is 0 Å². The number of rotatable bonds is 5. The molecule has 0 aliphatic heterocycles. The molecule has 1 rings (SSSR count). The molecule has 0 aromatic heterocycles. The second-order valence-electron chi connectivity index (χ2n) is 5.94. The number of carboxylic acids is 1. The van der Waals surface area contributed by atoms with Gasteiger partial charge in [0.2, 0.25) is 0 Å². The van der Waals surface area contributed by atoms with E-state index in [1.807, 2.05) is 0 Å². The molecule has 5 heteroatoms. The summed E-state index contributed by atoms with van der Waals surface area (Å²) in [4.78, 5) is 22.7. The van der Waals surface area contributed by atoms with Gasteiger partial charge in [-0.25, -0.2) is 9.59 Å². The SMILES string of the molecule is CC1CCCCC1CNC(=O)N[C@@H](C(=O)O)C(C)C. The van der Waals surface area contributed by atoms with Gasteiger partial charge in [-0.05, 0) is 24.2 Å². The largest absolute Gasteiger partial charge is 0.480 e. The van der Waals surface area contributed by atoms with Crippen LogP contribution in [0.1, 0.15) is 46.5 Å². The molecule has 1 fully saturated rings. The molecule has 0 heterocycles. The minimum atomic E-state index is -0.990. The zero-order valence-corrected chi connectivity index (χ0v) is 12.1. The molecule has 19 heavy (non-hydrogen) atoms. The summed E-state index contributed by atoms with van der Waals surface area (Å²) in [5.41, 5.74) is 0. The fourth-order valence-corrected chi connectivity index (χ4v) is 2.63. The Morgan fingerprint density at radius 1 is 1.26 bits per heavy atom. The zero-order chi connectivity index (χ0) is 14.4. The third-order valence-electron chi connectivity index (χ3n) is 4.03. The smallest absolute Gasteiger partial charge is 0.326 e. The van der Waals surface area contributed by atoms with Crippen LogP contribution < -0.4 is 10.6 Å². The van der Waals surface area contributed by atoms with Gasteiger partial charge < -0.3 is 15.7 Å². The molecule has 0 spiro atoms. The Bertz CT molecular complexity index is 318. The van der Waals surface area contributed by atoms with Crippen molar-refractivity contribution in [3.05, 3.63) is 0 Å². The summed E-state index contributed by atoms with van der Waals surface area (Å²) in [6, 6.07) is -1.21. The molecule has 3 N–H and O–H groups in total. The van der Waals surface area contributed by atoms with Crippen LogP contribution in [0.15, 0.2) is 0 Å². The quantitative estimate of drug-likeness (QED) is 0.716. The first-order valence-electron chi connectivity index (χ1n) is 7.19. The first kappa shape index (κ1) is 15.8. The number of hydrogen-bond donors (Lipinski definition) is 3. The van der Waals surface area contributed by atoms with Crippen LogP contribution in [0.5, 0.6) is 0 Å². The first-order valence-corrected chi connectivity index (χ1v) is 7.19. The average Bonchev–Trinajstić information content (AvgIpc) is 2.34. The first-order chi connectivity index (χ1) is 8.91. The maximum absolute atomic E-state index is 11.7. The van der Waals surface area contributed by atoms with Crippen molar-refractivity contribution in [1.29, 1.82) is 0 Å². The van der Waals surface area contributed by atoms with Crippen LogP contribution in [0.2, 0.25) is 0 Å². The molecule has 0 aromatic rings. The molecule has 0 bridgehead atoms. The van der Waals surface area contributed by atoms with Crippen LogP contribution in [0, 0.1) is 17.8 Å². The molecular weight excluding hydrogens is 244 g/mol. The van der Waals surface area contributed by atoms with Gasteiger partial charge >= 0.3 is 12.0 Å². The fraction of sp³-hybridized carbons (Fsp3) is 0.857. The molecule has 3 atom stereocenters. The monoisotopic (exact) mass is 270 g/mol. The minimum Gasteiger partial charge on any atom is -0.480 e. The molecule has 110 valence electrons. The van der Waals surface area contributed by atoms with E-state index in [2.05, 4.69) is 17.6 Å². The number of amides is 2. The second kappa shape index (κ2) is 7.36. The van der Waals surface area contributed by atoms with Crippen molar-refractivity contribution in [1.82, 2.24) is 10.6 Å². The second-order valence-corrected chi connectivity index (χ2v) is 5.94. The van der Waals surface area contributed by atoms with Crippen LogP contribution in [0.4, 0.5) is 4.79 Å². The van der Waals surface area contributed by atoms with Gasteiger partial charge in [-0.3, -0.25) is 0 Å². The Morgan fingerprint density at radius 2 is 1.89 bits per heavy atom. The van der Waals surface area contributed by atoms with Gasteiger partial charge in [0.1, 0.15) is 6.04 Å². The van der Waals surface area contributed by atoms with Gasteiger partial charge in [-0.15, -0.1) is 0 Å². The summed E-state index contributed by atoms with van der Waals surface area (Å²) < 4.78 is 0. The highest BCUT2D eigenvalue weighted by Gasteiger charge is 2.25. The minimum absolute atomic E-state index is 0.128. The summed E-state index contributed by atoms with van der Waals surface area (Å²) >= 11 is 0. The van der Waals surface area contributed by atoms with Crippen molar-refractivity contribution < 1.29 is 14.7 Å². The number of carbonyl (C=O) groups is 2. The normalized spacial score (nSPS) is 24.8. The molecule has 0 radical (unpaired) electrons. The third kappa shape index (κ3) is 5.09. The number of carbonyl (C=O) groups excluding carboxylic acids is 1. The van der Waals surface area contributed by atoms with E-state index in [0.717, 1.165) is 6.42 Å². The lowest BCUT2D eigenvalue weighted by atomic mass is 9.80. The zero-order valence-electron chi connectivity index (χ0n) is 12.1. The van der Waals surface area contributed by atoms with E-state index in [-0.39, 0.29) is 11.9 Å². The highest BCUT2D eigenvalue weighted by molar-refractivity contribution is 5.82. The van der Waals surface area contributed by atoms with Gasteiger partial charge in [-0.2, -0.15) is 0 Å². The number of carboxylic acid groups (broad SMARTS) is 1. The molecule has 2 amide bonds. The number of urea groups is 1.